The molecule has 0 aliphatic rings. The van der Waals surface area contributed by atoms with Gasteiger partial charge in [0, 0.05) is 0 Å². The van der Waals surface area contributed by atoms with Crippen molar-refractivity contribution < 1.29 is 0 Å². The maximum absolute atomic E-state index is 2.00. The minimum Gasteiger partial charge on any atom is -0.0623 e. The average molecular weight is 188 g/mol. The Labute approximate surface area is 84.3 Å². The van der Waals surface area contributed by atoms with Gasteiger partial charge in [-0.2, -0.15) is 0 Å². The molecule has 0 atom stereocenters. The predicted molar refractivity (Wildman–Crippen MR) is 64.2 cm³/mol. The molecule has 0 unspecified atom stereocenters. The van der Waals surface area contributed by atoms with Crippen LogP contribution in [-0.4, -0.2) is 11.0 Å². The van der Waals surface area contributed by atoms with Gasteiger partial charge in [-0.3, -0.25) is 0 Å². The van der Waals surface area contributed by atoms with Crippen molar-refractivity contribution in [2.24, 2.45) is 0 Å². The highest BCUT2D eigenvalue weighted by Gasteiger charge is 1.58. The molecule has 0 spiro atoms. The van der Waals surface area contributed by atoms with E-state index in [9.17, 15) is 0 Å². The first-order valence-corrected chi connectivity index (χ1v) is 4.00. The summed E-state index contributed by atoms with van der Waals surface area (Å²) in [5.41, 5.74) is 0. The van der Waals surface area contributed by atoms with Crippen molar-refractivity contribution in [2.45, 2.75) is 0 Å². The largest absolute Gasteiger partial charge is 0.0623 e. The first-order valence-electron chi connectivity index (χ1n) is 4.00. The number of hydrogen-bond acceptors (Lipinski definition) is 0. The van der Waals surface area contributed by atoms with Gasteiger partial charge in [-0.1, -0.05) is 72.8 Å². The lowest BCUT2D eigenvalue weighted by Crippen LogP contribution is -1.47. The summed E-state index contributed by atoms with van der Waals surface area (Å²) in [7, 11) is 0. The van der Waals surface area contributed by atoms with Crippen molar-refractivity contribution in [1.82, 2.24) is 0 Å². The molecule has 0 N–H and O–H groups in total. The van der Waals surface area contributed by atoms with Crippen molar-refractivity contribution in [3.63, 3.8) is 0 Å². The van der Waals surface area contributed by atoms with Crippen LogP contribution in [0.25, 0.3) is 0 Å². The van der Waals surface area contributed by atoms with Crippen LogP contribution in [0.1, 0.15) is 0 Å². The van der Waals surface area contributed by atoms with E-state index in [1.165, 1.54) is 0 Å². The van der Waals surface area contributed by atoms with Gasteiger partial charge in [-0.25, -0.2) is 0 Å². The van der Waals surface area contributed by atoms with Gasteiger partial charge in [0.25, 0.3) is 0 Å². The molecule has 0 nitrogen and oxygen atoms in total. The van der Waals surface area contributed by atoms with Gasteiger partial charge in [0.1, 0.15) is 0 Å². The predicted octanol–water partition coefficient (Wildman–Crippen LogP) is 1.92. The summed E-state index contributed by atoms with van der Waals surface area (Å²) in [6.07, 6.45) is 0. The number of hydrogen-bond donors (Lipinski definition) is 0. The lowest BCUT2D eigenvalue weighted by Gasteiger charge is -1.69. The third kappa shape index (κ3) is 7.03. The molecule has 2 aromatic rings. The Morgan fingerprint density at radius 3 is 0.385 bits per heavy atom. The topological polar surface area (TPSA) is 0 Å². The zero-order valence-corrected chi connectivity index (χ0v) is 6.93. The van der Waals surface area contributed by atoms with Gasteiger partial charge in [-0.05, 0) is 11.0 Å². The fourth-order valence-electron chi connectivity index (χ4n) is 0.770. The van der Waals surface area contributed by atoms with E-state index < -0.39 is 0 Å². The van der Waals surface area contributed by atoms with Gasteiger partial charge in [-0.15, -0.1) is 0 Å². The second-order valence-corrected chi connectivity index (χ2v) is 2.31. The summed E-state index contributed by atoms with van der Waals surface area (Å²) >= 11 is 0. The summed E-state index contributed by atoms with van der Waals surface area (Å²) in [6, 6.07) is 24.0. The van der Waals surface area contributed by atoms with Gasteiger partial charge in [0.05, 0.1) is 0 Å². The van der Waals surface area contributed by atoms with Gasteiger partial charge < -0.3 is 0 Å². The Morgan fingerprint density at radius 1 is 0.231 bits per heavy atom. The van der Waals surface area contributed by atoms with Crippen LogP contribution in [-0.2, 0) is 0 Å². The standard InChI is InChI=1S/2C6H6.H4Si/c2*1-2-4-6-5-3-1;/h2*1-6H;1H4. The van der Waals surface area contributed by atoms with E-state index in [2.05, 4.69) is 0 Å². The summed E-state index contributed by atoms with van der Waals surface area (Å²) in [5, 5.41) is 0. The van der Waals surface area contributed by atoms with E-state index in [0.717, 1.165) is 0 Å². The molecule has 0 aromatic heterocycles. The minimum absolute atomic E-state index is 0. The molecule has 2 aromatic carbocycles. The van der Waals surface area contributed by atoms with Crippen molar-refractivity contribution in [3.8, 4) is 0 Å². The molecule has 0 aliphatic carbocycles. The minimum atomic E-state index is 0. The molecule has 0 bridgehead atoms. The maximum atomic E-state index is 2.00. The molecule has 68 valence electrons. The van der Waals surface area contributed by atoms with Crippen molar-refractivity contribution in [2.75, 3.05) is 0 Å². The lowest BCUT2D eigenvalue weighted by atomic mass is 10.4. The SMILES string of the molecule is [SiH4].c1ccccc1.c1ccccc1. The van der Waals surface area contributed by atoms with E-state index in [1.807, 2.05) is 72.8 Å². The van der Waals surface area contributed by atoms with Gasteiger partial charge >= 0.3 is 0 Å². The molecule has 0 saturated carbocycles. The Morgan fingerprint density at radius 2 is 0.308 bits per heavy atom. The van der Waals surface area contributed by atoms with Crippen LogP contribution in [0.3, 0.4) is 0 Å². The fourth-order valence-corrected chi connectivity index (χ4v) is 0.770. The molecular weight excluding hydrogens is 172 g/mol. The summed E-state index contributed by atoms with van der Waals surface area (Å²) in [4.78, 5) is 0. The second kappa shape index (κ2) is 8.75. The van der Waals surface area contributed by atoms with Crippen molar-refractivity contribution >= 4 is 11.0 Å². The maximum Gasteiger partial charge on any atom is -0.0149 e. The molecule has 0 heterocycles. The summed E-state index contributed by atoms with van der Waals surface area (Å²) in [5.74, 6) is 0. The quantitative estimate of drug-likeness (QED) is 0.554. The van der Waals surface area contributed by atoms with Crippen LogP contribution in [0.15, 0.2) is 72.8 Å². The molecule has 13 heavy (non-hydrogen) atoms. The molecule has 0 fully saturated rings. The average Bonchev–Trinajstić information content (AvgIpc) is 2.24. The van der Waals surface area contributed by atoms with Gasteiger partial charge in [0.15, 0.2) is 0 Å². The monoisotopic (exact) mass is 188 g/mol. The Bertz CT molecular complexity index is 181. The fraction of sp³-hybridized carbons (Fsp3) is 0. The van der Waals surface area contributed by atoms with Crippen LogP contribution < -0.4 is 0 Å². The molecule has 0 amide bonds. The van der Waals surface area contributed by atoms with E-state index in [-0.39, 0.29) is 11.0 Å². The molecule has 0 radical (unpaired) electrons. The summed E-state index contributed by atoms with van der Waals surface area (Å²) < 4.78 is 0. The Balaban J connectivity index is 0.000000206. The third-order valence-corrected chi connectivity index (χ3v) is 1.33. The van der Waals surface area contributed by atoms with Crippen LogP contribution in [0.5, 0.6) is 0 Å². The van der Waals surface area contributed by atoms with Crippen LogP contribution in [0, 0.1) is 0 Å². The Hall–Kier alpha value is -1.34. The van der Waals surface area contributed by atoms with E-state index in [0.29, 0.717) is 0 Å². The highest BCUT2D eigenvalue weighted by molar-refractivity contribution is 5.75. The molecule has 1 heteroatoms. The molecular formula is C12H16Si. The Kier molecular flexibility index (Phi) is 7.85. The summed E-state index contributed by atoms with van der Waals surface area (Å²) in [6.45, 7) is 0. The van der Waals surface area contributed by atoms with Crippen LogP contribution in [0.2, 0.25) is 0 Å². The van der Waals surface area contributed by atoms with E-state index in [4.69, 9.17) is 0 Å². The zero-order chi connectivity index (χ0) is 8.49. The highest BCUT2D eigenvalue weighted by atomic mass is 28.1. The smallest absolute Gasteiger partial charge is 0.0149 e. The molecule has 2 rings (SSSR count). The lowest BCUT2D eigenvalue weighted by molar-refractivity contribution is 1.72. The van der Waals surface area contributed by atoms with Crippen LogP contribution in [0.4, 0.5) is 0 Å². The van der Waals surface area contributed by atoms with E-state index >= 15 is 0 Å². The van der Waals surface area contributed by atoms with E-state index in [1.54, 1.807) is 0 Å². The zero-order valence-electron chi connectivity index (χ0n) is 6.93. The second-order valence-electron chi connectivity index (χ2n) is 2.31. The first kappa shape index (κ1) is 11.7. The van der Waals surface area contributed by atoms with Gasteiger partial charge in [0.2, 0.25) is 0 Å². The first-order chi connectivity index (χ1) is 6.00. The highest BCUT2D eigenvalue weighted by Crippen LogP contribution is 1.80. The van der Waals surface area contributed by atoms with Crippen LogP contribution >= 0.6 is 0 Å². The third-order valence-electron chi connectivity index (χ3n) is 1.33. The number of benzene rings is 2. The molecule has 0 aliphatic heterocycles. The van der Waals surface area contributed by atoms with Crippen molar-refractivity contribution in [1.29, 1.82) is 0 Å². The molecule has 0 saturated heterocycles. The normalized spacial score (nSPS) is 7.38. The van der Waals surface area contributed by atoms with Crippen molar-refractivity contribution in [3.05, 3.63) is 72.8 Å². The number of rotatable bonds is 0.